The summed E-state index contributed by atoms with van der Waals surface area (Å²) in [6.45, 7) is 4.56. The van der Waals surface area contributed by atoms with Crippen LogP contribution in [-0.4, -0.2) is 22.2 Å². The zero-order valence-corrected chi connectivity index (χ0v) is 13.6. The Hall–Kier alpha value is -1.99. The molecule has 1 heterocycles. The lowest BCUT2D eigenvalue weighted by atomic mass is 10.1. The maximum atomic E-state index is 12.6. The number of nitrogens with one attached hydrogen (secondary N) is 1. The topological polar surface area (TPSA) is 85.1 Å². The second-order valence-electron chi connectivity index (χ2n) is 4.43. The first-order chi connectivity index (χ1) is 10.5. The fourth-order valence-electron chi connectivity index (χ4n) is 1.92. The number of nitro groups is 1. The highest BCUT2D eigenvalue weighted by atomic mass is 35.5. The third-order valence-electron chi connectivity index (χ3n) is 2.97. The molecule has 22 heavy (non-hydrogen) atoms. The molecule has 6 nitrogen and oxygen atoms in total. The first-order valence-corrected chi connectivity index (χ1v) is 7.89. The van der Waals surface area contributed by atoms with Crippen molar-refractivity contribution in [2.75, 3.05) is 11.9 Å². The third-order valence-corrected chi connectivity index (χ3v) is 4.35. The summed E-state index contributed by atoms with van der Waals surface area (Å²) in [4.78, 5) is 27.8. The smallest absolute Gasteiger partial charge is 0.288 e. The maximum absolute atomic E-state index is 12.6. The van der Waals surface area contributed by atoms with E-state index in [2.05, 4.69) is 10.3 Å². The lowest BCUT2D eigenvalue weighted by Gasteiger charge is -2.01. The molecule has 0 aliphatic carbocycles. The highest BCUT2D eigenvalue weighted by Crippen LogP contribution is 2.30. The van der Waals surface area contributed by atoms with E-state index in [4.69, 9.17) is 11.6 Å². The Bertz CT molecular complexity index is 730. The summed E-state index contributed by atoms with van der Waals surface area (Å²) >= 11 is 7.03. The van der Waals surface area contributed by atoms with E-state index >= 15 is 0 Å². The van der Waals surface area contributed by atoms with Gasteiger partial charge < -0.3 is 5.32 Å². The van der Waals surface area contributed by atoms with Crippen LogP contribution < -0.4 is 5.32 Å². The van der Waals surface area contributed by atoms with Crippen LogP contribution in [0.25, 0.3) is 0 Å². The molecule has 116 valence electrons. The standard InChI is InChI=1S/C14H14ClN3O3S/c1-3-10-13(22-14(17-10)16-4-2)12(19)8-5-6-9(15)11(7-8)18(20)21/h5-7H,3-4H2,1-2H3,(H,16,17). The van der Waals surface area contributed by atoms with Gasteiger partial charge in [0.1, 0.15) is 9.90 Å². The SMILES string of the molecule is CCNc1nc(CC)c(C(=O)c2ccc(Cl)c([N+](=O)[O-])c2)s1. The van der Waals surface area contributed by atoms with Crippen LogP contribution in [0.4, 0.5) is 10.8 Å². The molecule has 0 saturated heterocycles. The summed E-state index contributed by atoms with van der Waals surface area (Å²) in [6.07, 6.45) is 0.610. The number of benzene rings is 1. The van der Waals surface area contributed by atoms with Gasteiger partial charge in [0.05, 0.1) is 10.6 Å². The van der Waals surface area contributed by atoms with Crippen LogP contribution in [0, 0.1) is 10.1 Å². The molecule has 0 aliphatic heterocycles. The number of aromatic nitrogens is 1. The molecule has 0 amide bonds. The quantitative estimate of drug-likeness (QED) is 0.489. The summed E-state index contributed by atoms with van der Waals surface area (Å²) < 4.78 is 0. The number of halogens is 1. The van der Waals surface area contributed by atoms with Crippen molar-refractivity contribution in [1.29, 1.82) is 0 Å². The van der Waals surface area contributed by atoms with E-state index in [1.54, 1.807) is 0 Å². The summed E-state index contributed by atoms with van der Waals surface area (Å²) in [6, 6.07) is 4.06. The minimum absolute atomic E-state index is 0.00917. The Morgan fingerprint density at radius 3 is 2.77 bits per heavy atom. The highest BCUT2D eigenvalue weighted by Gasteiger charge is 2.22. The second kappa shape index (κ2) is 6.85. The molecular formula is C14H14ClN3O3S. The predicted molar refractivity (Wildman–Crippen MR) is 87.2 cm³/mol. The van der Waals surface area contributed by atoms with Gasteiger partial charge in [0.25, 0.3) is 5.69 Å². The minimum Gasteiger partial charge on any atom is -0.362 e. The van der Waals surface area contributed by atoms with Gasteiger partial charge in [-0.25, -0.2) is 4.98 Å². The van der Waals surface area contributed by atoms with Gasteiger partial charge in [-0.2, -0.15) is 0 Å². The fourth-order valence-corrected chi connectivity index (χ4v) is 3.19. The molecular weight excluding hydrogens is 326 g/mol. The molecule has 1 aromatic heterocycles. The van der Waals surface area contributed by atoms with E-state index in [0.717, 1.165) is 0 Å². The van der Waals surface area contributed by atoms with E-state index < -0.39 is 4.92 Å². The summed E-state index contributed by atoms with van der Waals surface area (Å²) in [5.74, 6) is -0.279. The number of aryl methyl sites for hydroxylation is 1. The number of nitro benzene ring substituents is 1. The van der Waals surface area contributed by atoms with Crippen LogP contribution >= 0.6 is 22.9 Å². The molecule has 2 aromatic rings. The van der Waals surface area contributed by atoms with Crippen molar-refractivity contribution in [1.82, 2.24) is 4.98 Å². The molecule has 0 fully saturated rings. The number of hydrogen-bond acceptors (Lipinski definition) is 6. The van der Waals surface area contributed by atoms with E-state index in [1.165, 1.54) is 29.5 Å². The number of nitrogens with zero attached hydrogens (tertiary/aromatic N) is 2. The molecule has 0 atom stereocenters. The summed E-state index contributed by atoms with van der Waals surface area (Å²) in [7, 11) is 0. The molecule has 0 spiro atoms. The molecule has 0 bridgehead atoms. The number of ketones is 1. The number of carbonyl (C=O) groups is 1. The normalized spacial score (nSPS) is 10.5. The van der Waals surface area contributed by atoms with Gasteiger partial charge >= 0.3 is 0 Å². The molecule has 0 aliphatic rings. The Balaban J connectivity index is 2.43. The summed E-state index contributed by atoms with van der Waals surface area (Å²) in [5.41, 5.74) is 0.642. The van der Waals surface area contributed by atoms with Crippen molar-refractivity contribution >= 4 is 39.5 Å². The van der Waals surface area contributed by atoms with Crippen molar-refractivity contribution < 1.29 is 9.72 Å². The van der Waals surface area contributed by atoms with Crippen LogP contribution in [-0.2, 0) is 6.42 Å². The fraction of sp³-hybridized carbons (Fsp3) is 0.286. The Morgan fingerprint density at radius 2 is 2.18 bits per heavy atom. The zero-order chi connectivity index (χ0) is 16.3. The van der Waals surface area contributed by atoms with Crippen LogP contribution in [0.1, 0.15) is 34.8 Å². The van der Waals surface area contributed by atoms with E-state index in [9.17, 15) is 14.9 Å². The minimum atomic E-state index is -0.601. The van der Waals surface area contributed by atoms with Gasteiger partial charge in [-0.1, -0.05) is 29.9 Å². The lowest BCUT2D eigenvalue weighted by Crippen LogP contribution is -2.03. The van der Waals surface area contributed by atoms with Crippen LogP contribution in [0.3, 0.4) is 0 Å². The first kappa shape index (κ1) is 16.4. The monoisotopic (exact) mass is 339 g/mol. The number of anilines is 1. The molecule has 2 rings (SSSR count). The van der Waals surface area contributed by atoms with Gasteiger partial charge in [-0.3, -0.25) is 14.9 Å². The number of carbonyl (C=O) groups excluding carboxylic acids is 1. The average Bonchev–Trinajstić information content (AvgIpc) is 2.90. The van der Waals surface area contributed by atoms with Gasteiger partial charge in [-0.15, -0.1) is 0 Å². The van der Waals surface area contributed by atoms with Crippen molar-refractivity contribution in [2.45, 2.75) is 20.3 Å². The number of thiazole rings is 1. The van der Waals surface area contributed by atoms with Crippen LogP contribution in [0.5, 0.6) is 0 Å². The van der Waals surface area contributed by atoms with Crippen molar-refractivity contribution in [3.05, 3.63) is 49.5 Å². The molecule has 0 saturated carbocycles. The van der Waals surface area contributed by atoms with Crippen molar-refractivity contribution in [3.63, 3.8) is 0 Å². The average molecular weight is 340 g/mol. The van der Waals surface area contributed by atoms with E-state index in [1.807, 2.05) is 13.8 Å². The number of rotatable bonds is 6. The Kier molecular flexibility index (Phi) is 5.10. The molecule has 1 N–H and O–H groups in total. The molecule has 0 unspecified atom stereocenters. The second-order valence-corrected chi connectivity index (χ2v) is 5.84. The predicted octanol–water partition coefficient (Wildman–Crippen LogP) is 3.93. The van der Waals surface area contributed by atoms with Gasteiger partial charge in [0.2, 0.25) is 5.78 Å². The van der Waals surface area contributed by atoms with E-state index in [-0.39, 0.29) is 22.1 Å². The first-order valence-electron chi connectivity index (χ1n) is 6.70. The third kappa shape index (κ3) is 3.26. The zero-order valence-electron chi connectivity index (χ0n) is 12.1. The van der Waals surface area contributed by atoms with Crippen molar-refractivity contribution in [3.8, 4) is 0 Å². The maximum Gasteiger partial charge on any atom is 0.288 e. The Labute approximate surface area is 136 Å². The van der Waals surface area contributed by atoms with Gasteiger partial charge in [0, 0.05) is 18.2 Å². The molecule has 8 heteroatoms. The van der Waals surface area contributed by atoms with Crippen LogP contribution in [0.2, 0.25) is 5.02 Å². The molecule has 0 radical (unpaired) electrons. The van der Waals surface area contributed by atoms with Gasteiger partial charge in [-0.05, 0) is 25.5 Å². The largest absolute Gasteiger partial charge is 0.362 e. The van der Waals surface area contributed by atoms with Crippen LogP contribution in [0.15, 0.2) is 18.2 Å². The Morgan fingerprint density at radius 1 is 1.45 bits per heavy atom. The highest BCUT2D eigenvalue weighted by molar-refractivity contribution is 7.17. The van der Waals surface area contributed by atoms with Crippen molar-refractivity contribution in [2.24, 2.45) is 0 Å². The lowest BCUT2D eigenvalue weighted by molar-refractivity contribution is -0.384. The van der Waals surface area contributed by atoms with Gasteiger partial charge in [0.15, 0.2) is 5.13 Å². The van der Waals surface area contributed by atoms with E-state index in [0.29, 0.717) is 28.7 Å². The molecule has 1 aromatic carbocycles. The number of hydrogen-bond donors (Lipinski definition) is 1. The summed E-state index contributed by atoms with van der Waals surface area (Å²) in [5, 5.41) is 14.7.